The van der Waals surface area contributed by atoms with Crippen LogP contribution in [0.1, 0.15) is 26.2 Å². The third-order valence-corrected chi connectivity index (χ3v) is 5.67. The number of thioether (sulfide) groups is 1. The van der Waals surface area contributed by atoms with Crippen LogP contribution in [0.25, 0.3) is 0 Å². The second-order valence-corrected chi connectivity index (χ2v) is 7.84. The number of benzene rings is 1. The lowest BCUT2D eigenvalue weighted by Crippen LogP contribution is -2.32. The van der Waals surface area contributed by atoms with Gasteiger partial charge < -0.3 is 5.32 Å². The van der Waals surface area contributed by atoms with Gasteiger partial charge in [0.1, 0.15) is 11.6 Å². The van der Waals surface area contributed by atoms with Crippen LogP contribution in [-0.4, -0.2) is 33.8 Å². The van der Waals surface area contributed by atoms with Crippen LogP contribution in [0.15, 0.2) is 22.5 Å². The standard InChI is InChI=1S/C16H16F2N4O2S2/c1-2-14(24)22(10-4-5-10)15-20-21-16(26-15)25-8-13(23)19-12-7-9(17)3-6-11(12)18/h3,6-7,10H,2,4-5,8H2,1H3,(H,19,23). The maximum atomic E-state index is 13.5. The van der Waals surface area contributed by atoms with Crippen LogP contribution in [0.3, 0.4) is 0 Å². The van der Waals surface area contributed by atoms with Crippen molar-refractivity contribution in [2.75, 3.05) is 16.0 Å². The summed E-state index contributed by atoms with van der Waals surface area (Å²) in [6, 6.07) is 3.04. The van der Waals surface area contributed by atoms with Gasteiger partial charge in [-0.3, -0.25) is 14.5 Å². The van der Waals surface area contributed by atoms with E-state index in [1.165, 1.54) is 11.3 Å². The van der Waals surface area contributed by atoms with Gasteiger partial charge in [-0.15, -0.1) is 10.2 Å². The van der Waals surface area contributed by atoms with Crippen molar-refractivity contribution in [2.45, 2.75) is 36.6 Å². The predicted octanol–water partition coefficient (Wildman–Crippen LogP) is 3.45. The van der Waals surface area contributed by atoms with Gasteiger partial charge in [-0.1, -0.05) is 30.0 Å². The summed E-state index contributed by atoms with van der Waals surface area (Å²) < 4.78 is 27.2. The molecule has 10 heteroatoms. The van der Waals surface area contributed by atoms with Gasteiger partial charge >= 0.3 is 0 Å². The molecule has 6 nitrogen and oxygen atoms in total. The van der Waals surface area contributed by atoms with Gasteiger partial charge in [0.15, 0.2) is 4.34 Å². The third-order valence-electron chi connectivity index (χ3n) is 3.61. The molecule has 1 N–H and O–H groups in total. The number of nitrogens with one attached hydrogen (secondary N) is 1. The minimum atomic E-state index is -0.707. The minimum Gasteiger partial charge on any atom is -0.323 e. The van der Waals surface area contributed by atoms with Gasteiger partial charge in [0.25, 0.3) is 0 Å². The van der Waals surface area contributed by atoms with E-state index in [-0.39, 0.29) is 23.4 Å². The smallest absolute Gasteiger partial charge is 0.234 e. The van der Waals surface area contributed by atoms with Gasteiger partial charge in [0, 0.05) is 18.5 Å². The van der Waals surface area contributed by atoms with E-state index in [0.29, 0.717) is 15.9 Å². The topological polar surface area (TPSA) is 75.2 Å². The Labute approximate surface area is 157 Å². The molecule has 1 aliphatic carbocycles. The second kappa shape index (κ2) is 8.09. The molecule has 0 unspecified atom stereocenters. The number of nitrogens with zero attached hydrogens (tertiary/aromatic N) is 3. The van der Waals surface area contributed by atoms with Crippen molar-refractivity contribution < 1.29 is 18.4 Å². The van der Waals surface area contributed by atoms with Crippen LogP contribution in [-0.2, 0) is 9.59 Å². The van der Waals surface area contributed by atoms with E-state index in [4.69, 9.17) is 0 Å². The Morgan fingerprint density at radius 1 is 1.35 bits per heavy atom. The average Bonchev–Trinajstić information content (AvgIpc) is 3.34. The van der Waals surface area contributed by atoms with E-state index >= 15 is 0 Å². The lowest BCUT2D eigenvalue weighted by atomic mass is 10.3. The molecule has 0 bridgehead atoms. The van der Waals surface area contributed by atoms with Crippen LogP contribution in [0.2, 0.25) is 0 Å². The van der Waals surface area contributed by atoms with Crippen molar-refractivity contribution in [2.24, 2.45) is 0 Å². The molecule has 1 heterocycles. The Morgan fingerprint density at radius 3 is 2.81 bits per heavy atom. The number of carbonyl (C=O) groups excluding carboxylic acids is 2. The summed E-state index contributed by atoms with van der Waals surface area (Å²) in [4.78, 5) is 25.7. The van der Waals surface area contributed by atoms with E-state index in [9.17, 15) is 18.4 Å². The molecule has 0 aliphatic heterocycles. The summed E-state index contributed by atoms with van der Waals surface area (Å²) in [6.07, 6.45) is 2.30. The molecule has 1 fully saturated rings. The summed E-state index contributed by atoms with van der Waals surface area (Å²) in [7, 11) is 0. The normalized spacial score (nSPS) is 13.5. The highest BCUT2D eigenvalue weighted by molar-refractivity contribution is 8.01. The number of aromatic nitrogens is 2. The molecule has 0 saturated heterocycles. The van der Waals surface area contributed by atoms with Gasteiger partial charge in [0.2, 0.25) is 16.9 Å². The van der Waals surface area contributed by atoms with Crippen LogP contribution < -0.4 is 10.2 Å². The molecule has 0 atom stereocenters. The molecule has 26 heavy (non-hydrogen) atoms. The Balaban J connectivity index is 1.58. The molecule has 1 aromatic heterocycles. The summed E-state index contributed by atoms with van der Waals surface area (Å²) in [5.74, 6) is -1.86. The maximum Gasteiger partial charge on any atom is 0.234 e. The highest BCUT2D eigenvalue weighted by atomic mass is 32.2. The number of hydrogen-bond acceptors (Lipinski definition) is 6. The van der Waals surface area contributed by atoms with E-state index < -0.39 is 17.5 Å². The number of carbonyl (C=O) groups is 2. The van der Waals surface area contributed by atoms with E-state index in [0.717, 1.165) is 42.8 Å². The first-order chi connectivity index (χ1) is 12.5. The van der Waals surface area contributed by atoms with Crippen molar-refractivity contribution in [3.63, 3.8) is 0 Å². The predicted molar refractivity (Wildman–Crippen MR) is 96.4 cm³/mol. The molecule has 0 spiro atoms. The fraction of sp³-hybridized carbons (Fsp3) is 0.375. The molecule has 2 aromatic rings. The number of halogens is 2. The van der Waals surface area contributed by atoms with Crippen molar-refractivity contribution >= 4 is 45.7 Å². The Bertz CT molecular complexity index is 826. The fourth-order valence-corrected chi connectivity index (χ4v) is 3.96. The average molecular weight is 398 g/mol. The molecule has 138 valence electrons. The Morgan fingerprint density at radius 2 is 2.12 bits per heavy atom. The summed E-state index contributed by atoms with van der Waals surface area (Å²) in [5, 5.41) is 10.9. The summed E-state index contributed by atoms with van der Waals surface area (Å²) in [5.41, 5.74) is -0.206. The van der Waals surface area contributed by atoms with E-state index in [2.05, 4.69) is 15.5 Å². The molecular formula is C16H16F2N4O2S2. The summed E-state index contributed by atoms with van der Waals surface area (Å²) >= 11 is 2.36. The first-order valence-electron chi connectivity index (χ1n) is 8.01. The van der Waals surface area contributed by atoms with Crippen molar-refractivity contribution in [1.82, 2.24) is 10.2 Å². The molecule has 1 aliphatic rings. The van der Waals surface area contributed by atoms with Gasteiger partial charge in [-0.05, 0) is 25.0 Å². The zero-order valence-electron chi connectivity index (χ0n) is 13.9. The molecule has 1 aromatic carbocycles. The minimum absolute atomic E-state index is 0.000442. The van der Waals surface area contributed by atoms with E-state index in [1.54, 1.807) is 11.8 Å². The zero-order valence-corrected chi connectivity index (χ0v) is 15.5. The van der Waals surface area contributed by atoms with Crippen LogP contribution in [0.5, 0.6) is 0 Å². The Kier molecular flexibility index (Phi) is 5.82. The number of amides is 2. The number of anilines is 2. The first kappa shape index (κ1) is 18.7. The molecular weight excluding hydrogens is 382 g/mol. The van der Waals surface area contributed by atoms with Crippen molar-refractivity contribution in [3.8, 4) is 0 Å². The lowest BCUT2D eigenvalue weighted by Gasteiger charge is -2.17. The zero-order chi connectivity index (χ0) is 18.7. The lowest BCUT2D eigenvalue weighted by molar-refractivity contribution is -0.118. The maximum absolute atomic E-state index is 13.5. The Hall–Kier alpha value is -2.07. The molecule has 1 saturated carbocycles. The van der Waals surface area contributed by atoms with Crippen molar-refractivity contribution in [1.29, 1.82) is 0 Å². The van der Waals surface area contributed by atoms with Gasteiger partial charge in [-0.25, -0.2) is 8.78 Å². The first-order valence-corrected chi connectivity index (χ1v) is 9.81. The van der Waals surface area contributed by atoms with E-state index in [1.807, 2.05) is 0 Å². The highest BCUT2D eigenvalue weighted by Gasteiger charge is 2.35. The van der Waals surface area contributed by atoms with Crippen LogP contribution >= 0.6 is 23.1 Å². The molecule has 2 amide bonds. The monoisotopic (exact) mass is 398 g/mol. The largest absolute Gasteiger partial charge is 0.323 e. The van der Waals surface area contributed by atoms with Gasteiger partial charge in [-0.2, -0.15) is 0 Å². The number of hydrogen-bond donors (Lipinski definition) is 1. The fourth-order valence-electron chi connectivity index (χ4n) is 2.23. The number of rotatable bonds is 7. The van der Waals surface area contributed by atoms with Gasteiger partial charge in [0.05, 0.1) is 11.4 Å². The van der Waals surface area contributed by atoms with Crippen LogP contribution in [0.4, 0.5) is 19.6 Å². The van der Waals surface area contributed by atoms with Crippen molar-refractivity contribution in [3.05, 3.63) is 29.8 Å². The van der Waals surface area contributed by atoms with Crippen LogP contribution in [0, 0.1) is 11.6 Å². The summed E-state index contributed by atoms with van der Waals surface area (Å²) in [6.45, 7) is 1.80. The highest BCUT2D eigenvalue weighted by Crippen LogP contribution is 2.36. The quantitative estimate of drug-likeness (QED) is 0.571. The molecule has 3 rings (SSSR count). The second-order valence-electron chi connectivity index (χ2n) is 5.66. The SMILES string of the molecule is CCC(=O)N(c1nnc(SCC(=O)Nc2cc(F)ccc2F)s1)C1CC1. The third kappa shape index (κ3) is 4.55. The molecule has 0 radical (unpaired) electrons.